The third kappa shape index (κ3) is 11.8. The van der Waals surface area contributed by atoms with Crippen LogP contribution in [0.2, 0.25) is 0 Å². The molecule has 0 saturated heterocycles. The fourth-order valence-electron chi connectivity index (χ4n) is 17.1. The maximum absolute atomic E-state index is 2.45. The van der Waals surface area contributed by atoms with Crippen LogP contribution in [0.1, 0.15) is 26.3 Å². The summed E-state index contributed by atoms with van der Waals surface area (Å²) in [5.41, 5.74) is 19.3. The van der Waals surface area contributed by atoms with Crippen molar-refractivity contribution in [3.05, 3.63) is 412 Å². The zero-order valence-electron chi connectivity index (χ0n) is 60.7. The number of hydrogen-bond acceptors (Lipinski definition) is 0. The molecule has 0 radical (unpaired) electrons. The first-order valence-electron chi connectivity index (χ1n) is 37.7. The average Bonchev–Trinajstić information content (AvgIpc) is 0.737. The molecular weight excluding hydrogens is 1300 g/mol. The van der Waals surface area contributed by atoms with E-state index in [9.17, 15) is 0 Å². The zero-order chi connectivity index (χ0) is 72.2. The molecule has 0 spiro atoms. The Labute approximate surface area is 630 Å². The van der Waals surface area contributed by atoms with Crippen LogP contribution in [0.5, 0.6) is 0 Å². The van der Waals surface area contributed by atoms with Crippen molar-refractivity contribution in [1.82, 2.24) is 0 Å². The van der Waals surface area contributed by atoms with Crippen LogP contribution in [0.25, 0.3) is 196 Å². The molecule has 21 rings (SSSR count). The second kappa shape index (κ2) is 27.5. The van der Waals surface area contributed by atoms with Gasteiger partial charge < -0.3 is 0 Å². The Morgan fingerprint density at radius 2 is 0.398 bits per heavy atom. The molecule has 0 saturated carbocycles. The Morgan fingerprint density at radius 1 is 0.139 bits per heavy atom. The van der Waals surface area contributed by atoms with Crippen LogP contribution in [0, 0.1) is 0 Å². The van der Waals surface area contributed by atoms with Crippen molar-refractivity contribution in [2.24, 2.45) is 0 Å². The number of hydrogen-bond donors (Lipinski definition) is 0. The minimum atomic E-state index is 0.0545. The molecule has 0 heteroatoms. The smallest absolute Gasteiger partial charge is 0.00200 e. The van der Waals surface area contributed by atoms with Gasteiger partial charge in [0.25, 0.3) is 0 Å². The minimum absolute atomic E-state index is 0.0545. The van der Waals surface area contributed by atoms with E-state index in [4.69, 9.17) is 0 Å². The van der Waals surface area contributed by atoms with Gasteiger partial charge in [0.15, 0.2) is 0 Å². The van der Waals surface area contributed by atoms with Crippen LogP contribution in [-0.4, -0.2) is 0 Å². The lowest BCUT2D eigenvalue weighted by molar-refractivity contribution is 0.591. The highest BCUT2D eigenvalue weighted by Gasteiger charge is 2.24. The molecule has 0 bridgehead atoms. The molecule has 0 aliphatic rings. The Morgan fingerprint density at radius 3 is 0.769 bits per heavy atom. The summed E-state index contributed by atoms with van der Waals surface area (Å²) in [6, 6.07) is 148. The van der Waals surface area contributed by atoms with Crippen molar-refractivity contribution in [2.45, 2.75) is 26.2 Å². The van der Waals surface area contributed by atoms with Gasteiger partial charge in [-0.15, -0.1) is 0 Å². The zero-order valence-corrected chi connectivity index (χ0v) is 60.7. The van der Waals surface area contributed by atoms with E-state index in [0.717, 1.165) is 0 Å². The Kier molecular flexibility index (Phi) is 16.6. The Hall–Kier alpha value is -13.5. The van der Waals surface area contributed by atoms with Crippen LogP contribution in [0.3, 0.4) is 0 Å². The second-order valence-electron chi connectivity index (χ2n) is 29.7. The first-order chi connectivity index (χ1) is 53.2. The van der Waals surface area contributed by atoms with Crippen LogP contribution in [0.4, 0.5) is 0 Å². The third-order valence-corrected chi connectivity index (χ3v) is 22.2. The maximum atomic E-state index is 2.45. The topological polar surface area (TPSA) is 0 Å². The number of rotatable bonds is 7. The summed E-state index contributed by atoms with van der Waals surface area (Å²) in [5, 5.41) is 28.2. The minimum Gasteiger partial charge on any atom is -0.0622 e. The van der Waals surface area contributed by atoms with Crippen LogP contribution in [-0.2, 0) is 5.41 Å². The molecule has 508 valence electrons. The number of benzene rings is 21. The molecule has 108 heavy (non-hydrogen) atoms. The van der Waals surface area contributed by atoms with Crippen molar-refractivity contribution in [1.29, 1.82) is 0 Å². The van der Waals surface area contributed by atoms with E-state index in [-0.39, 0.29) is 5.41 Å². The molecule has 0 heterocycles. The van der Waals surface area contributed by atoms with E-state index < -0.39 is 0 Å². The van der Waals surface area contributed by atoms with E-state index in [1.807, 2.05) is 0 Å². The molecule has 0 aliphatic carbocycles. The summed E-state index contributed by atoms with van der Waals surface area (Å²) < 4.78 is 0. The van der Waals surface area contributed by atoms with Gasteiger partial charge in [-0.1, -0.05) is 397 Å². The van der Waals surface area contributed by atoms with Gasteiger partial charge in [-0.25, -0.2) is 0 Å². The van der Waals surface area contributed by atoms with Gasteiger partial charge in [-0.3, -0.25) is 0 Å². The molecule has 0 fully saturated rings. The first kappa shape index (κ1) is 65.3. The van der Waals surface area contributed by atoms with Gasteiger partial charge in [-0.2, -0.15) is 0 Å². The van der Waals surface area contributed by atoms with Crippen LogP contribution < -0.4 is 0 Å². The lowest BCUT2D eigenvalue weighted by Crippen LogP contribution is -2.10. The lowest BCUT2D eigenvalue weighted by atomic mass is 9.80. The number of fused-ring (bicyclic) bond motifs is 11. The Bertz CT molecular complexity index is 6960. The lowest BCUT2D eigenvalue weighted by Gasteiger charge is -2.23. The van der Waals surface area contributed by atoms with E-state index >= 15 is 0 Å². The molecule has 0 aliphatic heterocycles. The SMILES string of the molecule is CC(C)(C)c1ccc2c(-c3ccc4ccccc4c3)c3ccccc3c(-c3cccc4ccccc34)c2c1.c1ccc(-c2cccc(-c3c4ccccc4c(-c4ccc5ccccc5c4)c4ccccc34)c2)cc1.c1ccc2cc(-c3c4ccccc4c(-c4cccc5ccccc45)c4ccccc34)ccc2c1. The molecule has 21 aromatic rings. The highest BCUT2D eigenvalue weighted by atomic mass is 14.3. The van der Waals surface area contributed by atoms with Gasteiger partial charge in [-0.05, 0) is 238 Å². The molecular formula is C108H76. The Balaban J connectivity index is 0.000000110. The highest BCUT2D eigenvalue weighted by Crippen LogP contribution is 2.50. The largest absolute Gasteiger partial charge is 0.0622 e. The van der Waals surface area contributed by atoms with Crippen molar-refractivity contribution in [3.8, 4) is 77.9 Å². The fraction of sp³-hybridized carbons (Fsp3) is 0.0370. The summed E-state index contributed by atoms with van der Waals surface area (Å²) in [6.45, 7) is 6.91. The van der Waals surface area contributed by atoms with E-state index in [2.05, 4.69) is 427 Å². The predicted molar refractivity (Wildman–Crippen MR) is 469 cm³/mol. The average molecular weight is 1370 g/mol. The van der Waals surface area contributed by atoms with Crippen molar-refractivity contribution < 1.29 is 0 Å². The maximum Gasteiger partial charge on any atom is -0.00200 e. The van der Waals surface area contributed by atoms with E-state index in [0.29, 0.717) is 0 Å². The van der Waals surface area contributed by atoms with Crippen LogP contribution in [0.15, 0.2) is 406 Å². The monoisotopic (exact) mass is 1370 g/mol. The summed E-state index contributed by atoms with van der Waals surface area (Å²) in [5.74, 6) is 0. The van der Waals surface area contributed by atoms with Crippen molar-refractivity contribution >= 4 is 118 Å². The summed E-state index contributed by atoms with van der Waals surface area (Å²) >= 11 is 0. The van der Waals surface area contributed by atoms with Crippen molar-refractivity contribution in [2.75, 3.05) is 0 Å². The fourth-order valence-corrected chi connectivity index (χ4v) is 17.1. The molecule has 0 amide bonds. The molecule has 0 unspecified atom stereocenters. The van der Waals surface area contributed by atoms with Gasteiger partial charge >= 0.3 is 0 Å². The molecule has 0 aromatic heterocycles. The predicted octanol–water partition coefficient (Wildman–Crippen LogP) is 30.7. The summed E-state index contributed by atoms with van der Waals surface area (Å²) in [4.78, 5) is 0. The standard InChI is InChI=1S/C38H30.C36H24.C34H22/c1-38(2,3)29-21-22-34-35(24-29)37(31-18-10-14-26-12-6-7-15-30(26)31)33-17-9-8-16-32(33)36(34)28-20-19-25-11-4-5-13-27(25)23-28;1-2-11-25(12-3-1)28-15-10-16-29(23-28)35-31-17-6-8-19-33(31)36(34-20-9-7-18-32(34)35)30-22-21-26-13-4-5-14-27(26)24-30;1-2-12-25-22-26(21-20-23(25)10-1)33-29-15-5-7-17-31(29)34(32-18-8-6-16-30(32)33)28-19-9-13-24-11-3-4-14-27(24)28/h4-24H,1-3H3;1-24H;1-22H. The second-order valence-corrected chi connectivity index (χ2v) is 29.7. The van der Waals surface area contributed by atoms with Crippen LogP contribution >= 0.6 is 0 Å². The molecule has 0 N–H and O–H groups in total. The molecule has 0 nitrogen and oxygen atoms in total. The first-order valence-corrected chi connectivity index (χ1v) is 37.7. The van der Waals surface area contributed by atoms with Gasteiger partial charge in [0.05, 0.1) is 0 Å². The molecule has 0 atom stereocenters. The highest BCUT2D eigenvalue weighted by molar-refractivity contribution is 6.27. The summed E-state index contributed by atoms with van der Waals surface area (Å²) in [7, 11) is 0. The molecule has 21 aromatic carbocycles. The third-order valence-electron chi connectivity index (χ3n) is 22.2. The summed E-state index contributed by atoms with van der Waals surface area (Å²) in [6.07, 6.45) is 0. The van der Waals surface area contributed by atoms with Gasteiger partial charge in [0.1, 0.15) is 0 Å². The van der Waals surface area contributed by atoms with Gasteiger partial charge in [0, 0.05) is 0 Å². The van der Waals surface area contributed by atoms with E-state index in [1.165, 1.54) is 202 Å². The van der Waals surface area contributed by atoms with Crippen molar-refractivity contribution in [3.63, 3.8) is 0 Å². The quantitative estimate of drug-likeness (QED) is 0.140. The van der Waals surface area contributed by atoms with E-state index in [1.54, 1.807) is 0 Å². The van der Waals surface area contributed by atoms with Gasteiger partial charge in [0.2, 0.25) is 0 Å². The normalized spacial score (nSPS) is 11.7.